The van der Waals surface area contributed by atoms with Crippen LogP contribution in [-0.4, -0.2) is 48.8 Å². The normalized spacial score (nSPS) is 19.4. The molecular weight excluding hydrogens is 580 g/mol. The van der Waals surface area contributed by atoms with Crippen molar-refractivity contribution in [1.82, 2.24) is 10.2 Å². The summed E-state index contributed by atoms with van der Waals surface area (Å²) in [6.45, 7) is 4.07. The van der Waals surface area contributed by atoms with E-state index in [9.17, 15) is 9.59 Å². The quantitative estimate of drug-likeness (QED) is 0.200. The zero-order valence-electron chi connectivity index (χ0n) is 25.7. The van der Waals surface area contributed by atoms with E-state index < -0.39 is 0 Å². The Hall–Kier alpha value is -3.95. The molecule has 0 saturated carbocycles. The number of nitrogens with one attached hydrogen (secondary N) is 3. The van der Waals surface area contributed by atoms with E-state index in [-0.39, 0.29) is 23.7 Å². The van der Waals surface area contributed by atoms with Crippen LogP contribution in [0.3, 0.4) is 0 Å². The van der Waals surface area contributed by atoms with Gasteiger partial charge in [-0.1, -0.05) is 25.4 Å². The number of rotatable bonds is 11. The van der Waals surface area contributed by atoms with E-state index in [1.807, 2.05) is 19.9 Å². The molecule has 2 heterocycles. The molecule has 10 heteroatoms. The minimum Gasteiger partial charge on any atom is -0.493 e. The lowest BCUT2D eigenvalue weighted by atomic mass is 10.0. The number of amides is 3. The number of benzene rings is 3. The van der Waals surface area contributed by atoms with Crippen molar-refractivity contribution in [3.63, 3.8) is 0 Å². The molecule has 44 heavy (non-hydrogen) atoms. The van der Waals surface area contributed by atoms with Crippen molar-refractivity contribution in [3.8, 4) is 23.0 Å². The molecule has 3 aromatic rings. The Morgan fingerprint density at radius 2 is 1.66 bits per heavy atom. The summed E-state index contributed by atoms with van der Waals surface area (Å²) in [5.41, 5.74) is 1.26. The monoisotopic (exact) mass is 620 g/mol. The highest BCUT2D eigenvalue weighted by Gasteiger charge is 2.48. The van der Waals surface area contributed by atoms with Gasteiger partial charge in [-0.3, -0.25) is 9.69 Å². The minimum absolute atomic E-state index is 0.118. The van der Waals surface area contributed by atoms with Gasteiger partial charge in [-0.25, -0.2) is 4.79 Å². The molecule has 2 saturated heterocycles. The number of ether oxygens (including phenoxy) is 3. The second-order valence-corrected chi connectivity index (χ2v) is 11.9. The van der Waals surface area contributed by atoms with Gasteiger partial charge in [-0.2, -0.15) is 0 Å². The average molecular weight is 621 g/mol. The summed E-state index contributed by atoms with van der Waals surface area (Å²) in [6, 6.07) is 17.8. The zero-order valence-corrected chi connectivity index (χ0v) is 26.5. The molecule has 2 unspecified atom stereocenters. The minimum atomic E-state index is -0.318. The van der Waals surface area contributed by atoms with Crippen LogP contribution in [0.15, 0.2) is 60.7 Å². The third kappa shape index (κ3) is 7.05. The summed E-state index contributed by atoms with van der Waals surface area (Å²) in [5, 5.41) is 9.01. The van der Waals surface area contributed by atoms with Gasteiger partial charge < -0.3 is 30.2 Å². The van der Waals surface area contributed by atoms with Crippen molar-refractivity contribution in [2.75, 3.05) is 24.8 Å². The van der Waals surface area contributed by atoms with Gasteiger partial charge in [0.15, 0.2) is 17.2 Å². The van der Waals surface area contributed by atoms with Crippen LogP contribution in [0.2, 0.25) is 5.02 Å². The lowest BCUT2D eigenvalue weighted by molar-refractivity contribution is -0.0823. The summed E-state index contributed by atoms with van der Waals surface area (Å²) < 4.78 is 18.0. The van der Waals surface area contributed by atoms with Crippen molar-refractivity contribution in [1.29, 1.82) is 0 Å². The highest BCUT2D eigenvalue weighted by atomic mass is 35.5. The van der Waals surface area contributed by atoms with Crippen LogP contribution in [0, 0.1) is 0 Å². The molecule has 3 N–H and O–H groups in total. The zero-order chi connectivity index (χ0) is 31.3. The first-order valence-electron chi connectivity index (χ1n) is 15.3. The first-order chi connectivity index (χ1) is 21.2. The standard InChI is InChI=1S/C34H41ClN4O5/c1-5-22(6-2)37-33(41)38-24-11-16-30(31(20-24)42-4)43-26-12-9-23(10-13-26)36-32(40)28-15-14-27(21-29(28)35)44-34-18-7-8-25(17-19-34)39(34)3/h9-16,20-22,25H,5-8,17-19H2,1-4H3,(H,36,40)(H2,37,38,41). The molecule has 3 amide bonds. The number of nitrogens with zero attached hydrogens (tertiary/aromatic N) is 1. The fourth-order valence-corrected chi connectivity index (χ4v) is 6.35. The Morgan fingerprint density at radius 1 is 0.932 bits per heavy atom. The average Bonchev–Trinajstić information content (AvgIpc) is 3.17. The summed E-state index contributed by atoms with van der Waals surface area (Å²) in [5.74, 6) is 1.85. The number of hydrogen-bond donors (Lipinski definition) is 3. The van der Waals surface area contributed by atoms with Crippen LogP contribution >= 0.6 is 11.6 Å². The van der Waals surface area contributed by atoms with Crippen molar-refractivity contribution in [2.45, 2.75) is 76.6 Å². The maximum atomic E-state index is 13.0. The predicted octanol–water partition coefficient (Wildman–Crippen LogP) is 8.06. The number of urea groups is 1. The molecular formula is C34H41ClN4O5. The molecule has 2 bridgehead atoms. The van der Waals surface area contributed by atoms with E-state index in [1.165, 1.54) is 13.5 Å². The Kier molecular flexibility index (Phi) is 9.86. The van der Waals surface area contributed by atoms with E-state index in [0.717, 1.165) is 38.5 Å². The van der Waals surface area contributed by atoms with E-state index in [4.69, 9.17) is 25.8 Å². The summed E-state index contributed by atoms with van der Waals surface area (Å²) in [4.78, 5) is 27.7. The molecule has 2 atom stereocenters. The van der Waals surface area contributed by atoms with E-state index >= 15 is 0 Å². The number of halogens is 1. The molecule has 0 spiro atoms. The number of methoxy groups -OCH3 is 1. The largest absolute Gasteiger partial charge is 0.493 e. The Labute approximate surface area is 264 Å². The van der Waals surface area contributed by atoms with Gasteiger partial charge in [0.1, 0.15) is 11.5 Å². The summed E-state index contributed by atoms with van der Waals surface area (Å²) in [6.07, 6.45) is 7.23. The summed E-state index contributed by atoms with van der Waals surface area (Å²) >= 11 is 6.55. The van der Waals surface area contributed by atoms with Gasteiger partial charge in [-0.05, 0) is 93.7 Å². The molecule has 0 aromatic heterocycles. The number of piperidine rings is 1. The SMILES string of the molecule is CCC(CC)NC(=O)Nc1ccc(Oc2ccc(NC(=O)c3ccc(OC45CCCC(CC4)N5C)cc3Cl)cc2)c(OC)c1. The third-order valence-electron chi connectivity index (χ3n) is 8.74. The van der Waals surface area contributed by atoms with Crippen LogP contribution in [-0.2, 0) is 0 Å². The van der Waals surface area contributed by atoms with Crippen LogP contribution in [0.25, 0.3) is 0 Å². The van der Waals surface area contributed by atoms with Gasteiger partial charge in [0.2, 0.25) is 0 Å². The molecule has 234 valence electrons. The molecule has 9 nitrogen and oxygen atoms in total. The van der Waals surface area contributed by atoms with Crippen LogP contribution in [0.1, 0.15) is 69.2 Å². The maximum Gasteiger partial charge on any atom is 0.319 e. The van der Waals surface area contributed by atoms with Crippen molar-refractivity contribution < 1.29 is 23.8 Å². The fraction of sp³-hybridized carbons (Fsp3) is 0.412. The maximum absolute atomic E-state index is 13.0. The Morgan fingerprint density at radius 3 is 2.36 bits per heavy atom. The number of hydrogen-bond acceptors (Lipinski definition) is 6. The highest BCUT2D eigenvalue weighted by molar-refractivity contribution is 6.34. The first-order valence-corrected chi connectivity index (χ1v) is 15.7. The van der Waals surface area contributed by atoms with Crippen LogP contribution in [0.4, 0.5) is 16.2 Å². The van der Waals surface area contributed by atoms with E-state index in [2.05, 4.69) is 27.9 Å². The van der Waals surface area contributed by atoms with Crippen LogP contribution < -0.4 is 30.2 Å². The van der Waals surface area contributed by atoms with Crippen molar-refractivity contribution >= 4 is 34.9 Å². The first kappa shape index (κ1) is 31.5. The predicted molar refractivity (Wildman–Crippen MR) is 173 cm³/mol. The van der Waals surface area contributed by atoms with Crippen molar-refractivity contribution in [2.24, 2.45) is 0 Å². The Bertz CT molecular complexity index is 1470. The number of fused-ring (bicyclic) bond motifs is 2. The Balaban J connectivity index is 1.18. The van der Waals surface area contributed by atoms with Gasteiger partial charge in [-0.15, -0.1) is 0 Å². The lowest BCUT2D eigenvalue weighted by Gasteiger charge is -2.42. The third-order valence-corrected chi connectivity index (χ3v) is 9.05. The van der Waals surface area contributed by atoms with Crippen molar-refractivity contribution in [3.05, 3.63) is 71.2 Å². The molecule has 0 radical (unpaired) electrons. The smallest absolute Gasteiger partial charge is 0.319 e. The van der Waals surface area contributed by atoms with Gasteiger partial charge in [0, 0.05) is 42.4 Å². The lowest BCUT2D eigenvalue weighted by Crippen LogP contribution is -2.51. The topological polar surface area (TPSA) is 101 Å². The number of anilines is 2. The highest BCUT2D eigenvalue weighted by Crippen LogP contribution is 2.44. The van der Waals surface area contributed by atoms with Gasteiger partial charge >= 0.3 is 6.03 Å². The molecule has 2 fully saturated rings. The van der Waals surface area contributed by atoms with Gasteiger partial charge in [0.25, 0.3) is 5.91 Å². The number of carbonyl (C=O) groups excluding carboxylic acids is 2. The fourth-order valence-electron chi connectivity index (χ4n) is 6.09. The molecule has 2 aliphatic rings. The van der Waals surface area contributed by atoms with E-state index in [0.29, 0.717) is 51.0 Å². The molecule has 3 aromatic carbocycles. The summed E-state index contributed by atoms with van der Waals surface area (Å²) in [7, 11) is 3.68. The van der Waals surface area contributed by atoms with E-state index in [1.54, 1.807) is 54.6 Å². The van der Waals surface area contributed by atoms with Crippen LogP contribution in [0.5, 0.6) is 23.0 Å². The number of carbonyl (C=O) groups is 2. The second kappa shape index (κ2) is 13.8. The molecule has 0 aliphatic carbocycles. The molecule has 2 aliphatic heterocycles. The van der Waals surface area contributed by atoms with Gasteiger partial charge in [0.05, 0.1) is 17.7 Å². The molecule has 5 rings (SSSR count). The second-order valence-electron chi connectivity index (χ2n) is 11.4.